The van der Waals surface area contributed by atoms with Gasteiger partial charge in [0.2, 0.25) is 5.91 Å². The number of fused-ring (bicyclic) bond motifs is 4. The number of carbonyl (C=O) groups excluding carboxylic acids is 1. The van der Waals surface area contributed by atoms with Crippen molar-refractivity contribution < 1.29 is 9.53 Å². The first-order valence-electron chi connectivity index (χ1n) is 9.81. The Kier molecular flexibility index (Phi) is 4.52. The number of aromatic nitrogens is 3. The second-order valence-electron chi connectivity index (χ2n) is 7.05. The number of carbonyl (C=O) groups is 1. The number of ether oxygens (including phenoxy) is 1. The Morgan fingerprint density at radius 1 is 0.933 bits per heavy atom. The Bertz CT molecular complexity index is 1390. The van der Waals surface area contributed by atoms with Gasteiger partial charge in [-0.3, -0.25) is 4.79 Å². The largest absolute Gasteiger partial charge is 0.495 e. The molecule has 0 fully saturated rings. The maximum Gasteiger partial charge on any atom is 0.226 e. The molecule has 0 bridgehead atoms. The normalized spacial score (nSPS) is 11.2. The van der Waals surface area contributed by atoms with Gasteiger partial charge >= 0.3 is 0 Å². The van der Waals surface area contributed by atoms with Crippen molar-refractivity contribution in [3.8, 4) is 5.75 Å². The zero-order valence-corrected chi connectivity index (χ0v) is 16.5. The molecule has 0 radical (unpaired) electrons. The van der Waals surface area contributed by atoms with Crippen LogP contribution in [0.1, 0.15) is 6.42 Å². The van der Waals surface area contributed by atoms with Crippen molar-refractivity contribution >= 4 is 44.7 Å². The predicted octanol–water partition coefficient (Wildman–Crippen LogP) is 4.78. The molecule has 0 aliphatic heterocycles. The minimum atomic E-state index is -0.0841. The number of rotatable bonds is 5. The summed E-state index contributed by atoms with van der Waals surface area (Å²) in [4.78, 5) is 22.3. The second kappa shape index (κ2) is 7.48. The highest BCUT2D eigenvalue weighted by Crippen LogP contribution is 2.28. The minimum Gasteiger partial charge on any atom is -0.495 e. The van der Waals surface area contributed by atoms with Crippen LogP contribution in [0.25, 0.3) is 33.1 Å². The molecule has 5 aromatic rings. The van der Waals surface area contributed by atoms with Crippen molar-refractivity contribution in [1.29, 1.82) is 0 Å². The van der Waals surface area contributed by atoms with Crippen molar-refractivity contribution in [2.75, 3.05) is 12.4 Å². The van der Waals surface area contributed by atoms with Crippen LogP contribution < -0.4 is 10.1 Å². The van der Waals surface area contributed by atoms with E-state index >= 15 is 0 Å². The van der Waals surface area contributed by atoms with Gasteiger partial charge in [-0.2, -0.15) is 0 Å². The smallest absolute Gasteiger partial charge is 0.226 e. The fourth-order valence-electron chi connectivity index (χ4n) is 3.78. The molecule has 0 saturated carbocycles. The number of anilines is 1. The van der Waals surface area contributed by atoms with Gasteiger partial charge < -0.3 is 14.6 Å². The lowest BCUT2D eigenvalue weighted by Gasteiger charge is -2.11. The van der Waals surface area contributed by atoms with E-state index in [-0.39, 0.29) is 5.91 Å². The summed E-state index contributed by atoms with van der Waals surface area (Å²) in [6, 6.07) is 23.3. The average Bonchev–Trinajstić information content (AvgIpc) is 3.09. The van der Waals surface area contributed by atoms with E-state index in [2.05, 4.69) is 9.88 Å². The van der Waals surface area contributed by atoms with Crippen LogP contribution in [0.2, 0.25) is 0 Å². The molecule has 2 heterocycles. The first-order valence-corrected chi connectivity index (χ1v) is 9.81. The van der Waals surface area contributed by atoms with E-state index in [1.165, 1.54) is 0 Å². The van der Waals surface area contributed by atoms with E-state index in [4.69, 9.17) is 14.7 Å². The highest BCUT2D eigenvalue weighted by Gasteiger charge is 2.15. The SMILES string of the molecule is COc1ccccc1NC(=O)CCn1c2ccccc2c2nc3ccccc3nc21. The molecular weight excluding hydrogens is 376 g/mol. The van der Waals surface area contributed by atoms with Crippen molar-refractivity contribution in [3.63, 3.8) is 0 Å². The van der Waals surface area contributed by atoms with Gasteiger partial charge in [0, 0.05) is 18.4 Å². The third kappa shape index (κ3) is 3.12. The summed E-state index contributed by atoms with van der Waals surface area (Å²) in [5.41, 5.74) is 5.04. The summed E-state index contributed by atoms with van der Waals surface area (Å²) in [6.45, 7) is 0.498. The van der Waals surface area contributed by atoms with Gasteiger partial charge in [0.05, 0.1) is 29.3 Å². The van der Waals surface area contributed by atoms with E-state index in [0.717, 1.165) is 33.1 Å². The highest BCUT2D eigenvalue weighted by atomic mass is 16.5. The van der Waals surface area contributed by atoms with Gasteiger partial charge in [0.15, 0.2) is 5.65 Å². The standard InChI is InChI=1S/C24H20N4O2/c1-30-21-13-7-5-11-19(21)25-22(29)14-15-28-20-12-6-2-8-16(20)23-24(28)27-18-10-4-3-9-17(18)26-23/h2-13H,14-15H2,1H3,(H,25,29). The van der Waals surface area contributed by atoms with Crippen LogP contribution in [-0.4, -0.2) is 27.6 Å². The van der Waals surface area contributed by atoms with E-state index in [1.54, 1.807) is 7.11 Å². The first-order chi connectivity index (χ1) is 14.7. The number of hydrogen-bond donors (Lipinski definition) is 1. The van der Waals surface area contributed by atoms with Crippen LogP contribution in [0.4, 0.5) is 5.69 Å². The third-order valence-corrected chi connectivity index (χ3v) is 5.20. The summed E-state index contributed by atoms with van der Waals surface area (Å²) in [5, 5.41) is 3.97. The monoisotopic (exact) mass is 396 g/mol. The summed E-state index contributed by atoms with van der Waals surface area (Å²) in [5.74, 6) is 0.555. The van der Waals surface area contributed by atoms with Crippen LogP contribution >= 0.6 is 0 Å². The average molecular weight is 396 g/mol. The molecule has 2 aromatic heterocycles. The molecule has 148 valence electrons. The van der Waals surface area contributed by atoms with E-state index in [0.29, 0.717) is 24.4 Å². The van der Waals surface area contributed by atoms with Crippen LogP contribution in [0.3, 0.4) is 0 Å². The quantitative estimate of drug-likeness (QED) is 0.464. The van der Waals surface area contributed by atoms with Gasteiger partial charge in [0.1, 0.15) is 11.3 Å². The number of benzene rings is 3. The zero-order valence-electron chi connectivity index (χ0n) is 16.5. The van der Waals surface area contributed by atoms with Gasteiger partial charge in [-0.15, -0.1) is 0 Å². The Labute approximate surface area is 173 Å². The third-order valence-electron chi connectivity index (χ3n) is 5.20. The van der Waals surface area contributed by atoms with Crippen LogP contribution in [0, 0.1) is 0 Å². The first kappa shape index (κ1) is 18.1. The number of nitrogens with zero attached hydrogens (tertiary/aromatic N) is 3. The van der Waals surface area contributed by atoms with Crippen molar-refractivity contribution in [2.45, 2.75) is 13.0 Å². The number of amides is 1. The van der Waals surface area contributed by atoms with Crippen LogP contribution in [0.15, 0.2) is 72.8 Å². The number of nitrogens with one attached hydrogen (secondary N) is 1. The number of para-hydroxylation sites is 5. The molecule has 3 aromatic carbocycles. The zero-order chi connectivity index (χ0) is 20.5. The van der Waals surface area contributed by atoms with Crippen LogP contribution in [0.5, 0.6) is 5.75 Å². The molecule has 1 amide bonds. The Morgan fingerprint density at radius 2 is 1.63 bits per heavy atom. The lowest BCUT2D eigenvalue weighted by molar-refractivity contribution is -0.116. The van der Waals surface area contributed by atoms with Gasteiger partial charge in [-0.05, 0) is 30.3 Å². The molecule has 6 heteroatoms. The lowest BCUT2D eigenvalue weighted by Crippen LogP contribution is -2.15. The minimum absolute atomic E-state index is 0.0841. The van der Waals surface area contributed by atoms with Gasteiger partial charge in [-0.1, -0.05) is 42.5 Å². The fraction of sp³-hybridized carbons (Fsp3) is 0.125. The summed E-state index contributed by atoms with van der Waals surface area (Å²) in [6.07, 6.45) is 0.306. The molecule has 0 atom stereocenters. The molecular formula is C24H20N4O2. The number of aryl methyl sites for hydroxylation is 1. The van der Waals surface area contributed by atoms with Crippen LogP contribution in [-0.2, 0) is 11.3 Å². The van der Waals surface area contributed by atoms with Gasteiger partial charge in [-0.25, -0.2) is 9.97 Å². The maximum absolute atomic E-state index is 12.6. The molecule has 0 aliphatic rings. The molecule has 0 aliphatic carbocycles. The maximum atomic E-state index is 12.6. The Hall–Kier alpha value is -3.93. The molecule has 0 unspecified atom stereocenters. The molecule has 0 spiro atoms. The summed E-state index contributed by atoms with van der Waals surface area (Å²) >= 11 is 0. The Morgan fingerprint density at radius 3 is 2.47 bits per heavy atom. The van der Waals surface area contributed by atoms with Crippen molar-refractivity contribution in [1.82, 2.24) is 14.5 Å². The number of methoxy groups -OCH3 is 1. The summed E-state index contributed by atoms with van der Waals surface area (Å²) < 4.78 is 7.39. The molecule has 5 rings (SSSR count). The topological polar surface area (TPSA) is 69.0 Å². The summed E-state index contributed by atoms with van der Waals surface area (Å²) in [7, 11) is 1.59. The fourth-order valence-corrected chi connectivity index (χ4v) is 3.78. The van der Waals surface area contributed by atoms with E-state index in [9.17, 15) is 4.79 Å². The van der Waals surface area contributed by atoms with E-state index in [1.807, 2.05) is 72.8 Å². The predicted molar refractivity (Wildman–Crippen MR) is 119 cm³/mol. The van der Waals surface area contributed by atoms with Crippen molar-refractivity contribution in [2.24, 2.45) is 0 Å². The second-order valence-corrected chi connectivity index (χ2v) is 7.05. The number of hydrogen-bond acceptors (Lipinski definition) is 4. The molecule has 0 saturated heterocycles. The van der Waals surface area contributed by atoms with E-state index < -0.39 is 0 Å². The van der Waals surface area contributed by atoms with Crippen molar-refractivity contribution in [3.05, 3.63) is 72.8 Å². The van der Waals surface area contributed by atoms with Gasteiger partial charge in [0.25, 0.3) is 0 Å². The molecule has 30 heavy (non-hydrogen) atoms. The lowest BCUT2D eigenvalue weighted by atomic mass is 10.2. The molecule has 1 N–H and O–H groups in total. The Balaban J connectivity index is 1.50. The molecule has 6 nitrogen and oxygen atoms in total. The highest BCUT2D eigenvalue weighted by molar-refractivity contribution is 6.06.